The minimum absolute atomic E-state index is 0.402. The fraction of sp³-hybridized carbons (Fsp3) is 0.385. The monoisotopic (exact) mass is 301 g/mol. The molecule has 0 bridgehead atoms. The minimum Gasteiger partial charge on any atom is -0.311 e. The van der Waals surface area contributed by atoms with Crippen LogP contribution in [0.4, 0.5) is 0 Å². The van der Waals surface area contributed by atoms with Crippen molar-refractivity contribution in [3.8, 4) is 0 Å². The molecule has 0 radical (unpaired) electrons. The lowest BCUT2D eigenvalue weighted by Crippen LogP contribution is -2.26. The highest BCUT2D eigenvalue weighted by molar-refractivity contribution is 9.10. The average Bonchev–Trinajstić information content (AvgIpc) is 2.24. The molecule has 0 aliphatic carbocycles. The van der Waals surface area contributed by atoms with Crippen LogP contribution in [-0.4, -0.2) is 12.6 Å². The van der Waals surface area contributed by atoms with E-state index in [0.29, 0.717) is 6.04 Å². The molecule has 1 aromatic carbocycles. The van der Waals surface area contributed by atoms with Gasteiger partial charge >= 0.3 is 0 Å². The smallest absolute Gasteiger partial charge is 0.0548 e. The van der Waals surface area contributed by atoms with E-state index in [1.807, 2.05) is 18.2 Å². The number of hydrogen-bond acceptors (Lipinski definition) is 1. The van der Waals surface area contributed by atoms with Crippen LogP contribution < -0.4 is 5.32 Å². The fourth-order valence-corrected chi connectivity index (χ4v) is 1.97. The summed E-state index contributed by atoms with van der Waals surface area (Å²) in [6.07, 6.45) is 2.18. The van der Waals surface area contributed by atoms with E-state index in [1.54, 1.807) is 0 Å². The molecular formula is C13H17BrClN. The van der Waals surface area contributed by atoms with E-state index in [4.69, 9.17) is 11.6 Å². The Kier molecular flexibility index (Phi) is 5.53. The van der Waals surface area contributed by atoms with Gasteiger partial charge in [-0.25, -0.2) is 0 Å². The van der Waals surface area contributed by atoms with E-state index < -0.39 is 0 Å². The highest BCUT2D eigenvalue weighted by atomic mass is 79.9. The first-order chi connectivity index (χ1) is 7.54. The van der Waals surface area contributed by atoms with Crippen LogP contribution in [0.2, 0.25) is 5.02 Å². The van der Waals surface area contributed by atoms with Gasteiger partial charge in [-0.3, -0.25) is 0 Å². The van der Waals surface area contributed by atoms with Crippen LogP contribution in [0.1, 0.15) is 26.3 Å². The lowest BCUT2D eigenvalue weighted by atomic mass is 10.1. The van der Waals surface area contributed by atoms with E-state index in [9.17, 15) is 0 Å². The molecule has 0 aliphatic rings. The molecule has 0 spiro atoms. The number of nitrogens with one attached hydrogen (secondary N) is 1. The zero-order chi connectivity index (χ0) is 12.1. The molecule has 1 atom stereocenters. The molecule has 3 heteroatoms. The molecule has 0 aliphatic heterocycles. The van der Waals surface area contributed by atoms with Crippen LogP contribution in [-0.2, 0) is 0 Å². The quantitative estimate of drug-likeness (QED) is 0.863. The van der Waals surface area contributed by atoms with Gasteiger partial charge in [0.25, 0.3) is 0 Å². The van der Waals surface area contributed by atoms with E-state index in [0.717, 1.165) is 16.0 Å². The number of rotatable bonds is 4. The summed E-state index contributed by atoms with van der Waals surface area (Å²) < 4.78 is 0.937. The van der Waals surface area contributed by atoms with Gasteiger partial charge in [0.05, 0.1) is 5.02 Å². The summed E-state index contributed by atoms with van der Waals surface area (Å²) in [5.74, 6) is 0. The normalized spacial score (nSPS) is 13.9. The average molecular weight is 303 g/mol. The number of likely N-dealkylation sites (N-methyl/N-ethyl adjacent to an activating group) is 1. The summed E-state index contributed by atoms with van der Waals surface area (Å²) in [7, 11) is 0. The summed E-state index contributed by atoms with van der Waals surface area (Å²) >= 11 is 9.38. The van der Waals surface area contributed by atoms with Crippen LogP contribution >= 0.6 is 27.5 Å². The molecule has 1 rings (SSSR count). The number of halogens is 2. The molecule has 0 fully saturated rings. The summed E-state index contributed by atoms with van der Waals surface area (Å²) in [4.78, 5) is 0. The van der Waals surface area contributed by atoms with Crippen LogP contribution in [0.5, 0.6) is 0 Å². The molecule has 0 aromatic heterocycles. The molecule has 1 N–H and O–H groups in total. The number of benzene rings is 1. The molecule has 1 aromatic rings. The van der Waals surface area contributed by atoms with Gasteiger partial charge in [0.15, 0.2) is 0 Å². The second kappa shape index (κ2) is 6.43. The van der Waals surface area contributed by atoms with E-state index >= 15 is 0 Å². The van der Waals surface area contributed by atoms with Gasteiger partial charge in [0.1, 0.15) is 0 Å². The minimum atomic E-state index is 0.402. The summed E-state index contributed by atoms with van der Waals surface area (Å²) in [5.41, 5.74) is 2.48. The van der Waals surface area contributed by atoms with E-state index in [2.05, 4.69) is 48.1 Å². The van der Waals surface area contributed by atoms with Crippen molar-refractivity contribution in [3.63, 3.8) is 0 Å². The molecule has 16 heavy (non-hydrogen) atoms. The van der Waals surface area contributed by atoms with Gasteiger partial charge < -0.3 is 5.32 Å². The maximum atomic E-state index is 5.95. The first kappa shape index (κ1) is 13.8. The zero-order valence-electron chi connectivity index (χ0n) is 9.85. The lowest BCUT2D eigenvalue weighted by Gasteiger charge is -2.13. The molecule has 0 amide bonds. The largest absolute Gasteiger partial charge is 0.311 e. The Morgan fingerprint density at radius 1 is 1.56 bits per heavy atom. The highest BCUT2D eigenvalue weighted by Gasteiger charge is 2.02. The molecule has 88 valence electrons. The third-order valence-electron chi connectivity index (χ3n) is 2.53. The molecule has 0 saturated carbocycles. The Hall–Kier alpha value is -0.310. The Morgan fingerprint density at radius 3 is 2.81 bits per heavy atom. The van der Waals surface area contributed by atoms with Gasteiger partial charge in [0, 0.05) is 10.5 Å². The van der Waals surface area contributed by atoms with Gasteiger partial charge in [-0.1, -0.05) is 36.2 Å². The third-order valence-corrected chi connectivity index (χ3v) is 3.75. The summed E-state index contributed by atoms with van der Waals surface area (Å²) in [6, 6.07) is 6.36. The van der Waals surface area contributed by atoms with Crippen molar-refractivity contribution >= 4 is 33.6 Å². The van der Waals surface area contributed by atoms with E-state index in [1.165, 1.54) is 11.1 Å². The predicted octanol–water partition coefficient (Wildman–Crippen LogP) is 4.50. The lowest BCUT2D eigenvalue weighted by molar-refractivity contribution is 0.636. The van der Waals surface area contributed by atoms with Crippen LogP contribution in [0.25, 0.3) is 6.08 Å². The molecule has 1 unspecified atom stereocenters. The highest BCUT2D eigenvalue weighted by Crippen LogP contribution is 2.24. The maximum Gasteiger partial charge on any atom is 0.0548 e. The van der Waals surface area contributed by atoms with Gasteiger partial charge in [-0.15, -0.1) is 0 Å². The second-order valence-electron chi connectivity index (χ2n) is 3.84. The van der Waals surface area contributed by atoms with Crippen molar-refractivity contribution in [1.82, 2.24) is 5.32 Å². The summed E-state index contributed by atoms with van der Waals surface area (Å²) in [6.45, 7) is 7.40. The number of hydrogen-bond donors (Lipinski definition) is 1. The fourth-order valence-electron chi connectivity index (χ4n) is 1.46. The molecule has 0 saturated heterocycles. The first-order valence-electron chi connectivity index (χ1n) is 5.41. The van der Waals surface area contributed by atoms with Crippen LogP contribution in [0.3, 0.4) is 0 Å². The SMILES string of the molecule is CCNC(C)/C(C)=C/c1ccc(Cl)c(Br)c1. The predicted molar refractivity (Wildman–Crippen MR) is 75.9 cm³/mol. The Morgan fingerprint density at radius 2 is 2.25 bits per heavy atom. The maximum absolute atomic E-state index is 5.95. The molecular weight excluding hydrogens is 286 g/mol. The third kappa shape index (κ3) is 3.93. The summed E-state index contributed by atoms with van der Waals surface area (Å²) in [5, 5.41) is 4.13. The van der Waals surface area contributed by atoms with Crippen molar-refractivity contribution in [2.24, 2.45) is 0 Å². The van der Waals surface area contributed by atoms with Crippen molar-refractivity contribution < 1.29 is 0 Å². The molecule has 1 nitrogen and oxygen atoms in total. The molecule has 0 heterocycles. The topological polar surface area (TPSA) is 12.0 Å². The second-order valence-corrected chi connectivity index (χ2v) is 5.10. The van der Waals surface area contributed by atoms with Crippen LogP contribution in [0, 0.1) is 0 Å². The van der Waals surface area contributed by atoms with Gasteiger partial charge in [-0.2, -0.15) is 0 Å². The first-order valence-corrected chi connectivity index (χ1v) is 6.58. The zero-order valence-corrected chi connectivity index (χ0v) is 12.2. The Bertz CT molecular complexity index is 388. The standard InChI is InChI=1S/C13H17BrClN/c1-4-16-10(3)9(2)7-11-5-6-13(15)12(14)8-11/h5-8,10,16H,4H2,1-3H3/b9-7+. The van der Waals surface area contributed by atoms with Gasteiger partial charge in [-0.05, 0) is 54.0 Å². The van der Waals surface area contributed by atoms with Crippen molar-refractivity contribution in [2.45, 2.75) is 26.8 Å². The Labute approximate surface area is 111 Å². The van der Waals surface area contributed by atoms with Crippen molar-refractivity contribution in [3.05, 3.63) is 38.8 Å². The van der Waals surface area contributed by atoms with Crippen LogP contribution in [0.15, 0.2) is 28.2 Å². The van der Waals surface area contributed by atoms with E-state index in [-0.39, 0.29) is 0 Å². The van der Waals surface area contributed by atoms with Crippen molar-refractivity contribution in [1.29, 1.82) is 0 Å². The Balaban J connectivity index is 2.85. The van der Waals surface area contributed by atoms with Gasteiger partial charge in [0.2, 0.25) is 0 Å². The van der Waals surface area contributed by atoms with Crippen molar-refractivity contribution in [2.75, 3.05) is 6.54 Å².